The summed E-state index contributed by atoms with van der Waals surface area (Å²) in [6.07, 6.45) is 4.13. The van der Waals surface area contributed by atoms with Crippen LogP contribution in [0.3, 0.4) is 0 Å². The molecule has 0 aliphatic carbocycles. The molecule has 0 aromatic carbocycles. The average Bonchev–Trinajstić information content (AvgIpc) is 2.55. The van der Waals surface area contributed by atoms with Gasteiger partial charge < -0.3 is 10.2 Å². The number of hydrogen-bond donors (Lipinski definition) is 2. The molecular formula is C11H15N3O3. The first-order valence-electron chi connectivity index (χ1n) is 5.62. The zero-order chi connectivity index (χ0) is 12.5. The second kappa shape index (κ2) is 4.20. The average molecular weight is 237 g/mol. The van der Waals surface area contributed by atoms with Crippen LogP contribution in [0.5, 0.6) is 0 Å². The molecule has 1 spiro atoms. The minimum absolute atomic E-state index is 0.0490. The molecule has 6 nitrogen and oxygen atoms in total. The predicted molar refractivity (Wildman–Crippen MR) is 60.0 cm³/mol. The SMILES string of the molecule is C/C=C/C(=O)N1CCC2(CC1)NC(=O)NC2=O. The molecule has 2 N–H and O–H groups in total. The van der Waals surface area contributed by atoms with E-state index in [1.165, 1.54) is 6.08 Å². The van der Waals surface area contributed by atoms with Crippen molar-refractivity contribution in [3.8, 4) is 0 Å². The van der Waals surface area contributed by atoms with Crippen LogP contribution < -0.4 is 10.6 Å². The lowest BCUT2D eigenvalue weighted by Crippen LogP contribution is -2.55. The zero-order valence-corrected chi connectivity index (χ0v) is 9.66. The summed E-state index contributed by atoms with van der Waals surface area (Å²) in [4.78, 5) is 36.0. The lowest BCUT2D eigenvalue weighted by Gasteiger charge is -2.36. The van der Waals surface area contributed by atoms with Crippen LogP contribution in [0.1, 0.15) is 19.8 Å². The molecule has 0 aromatic heterocycles. The molecule has 6 heteroatoms. The van der Waals surface area contributed by atoms with Crippen LogP contribution in [0.4, 0.5) is 4.79 Å². The first-order chi connectivity index (χ1) is 8.07. The summed E-state index contributed by atoms with van der Waals surface area (Å²) in [5.41, 5.74) is -0.802. The van der Waals surface area contributed by atoms with Gasteiger partial charge in [0.05, 0.1) is 0 Å². The van der Waals surface area contributed by atoms with Crippen LogP contribution >= 0.6 is 0 Å². The molecule has 4 amide bonds. The van der Waals surface area contributed by atoms with Gasteiger partial charge in [0.2, 0.25) is 5.91 Å². The fourth-order valence-corrected chi connectivity index (χ4v) is 2.24. The summed E-state index contributed by atoms with van der Waals surface area (Å²) in [6, 6.07) is -0.441. The Bertz CT molecular complexity index is 395. The number of nitrogens with one attached hydrogen (secondary N) is 2. The van der Waals surface area contributed by atoms with E-state index in [9.17, 15) is 14.4 Å². The number of nitrogens with zero attached hydrogens (tertiary/aromatic N) is 1. The van der Waals surface area contributed by atoms with Gasteiger partial charge in [0.1, 0.15) is 5.54 Å². The van der Waals surface area contributed by atoms with Gasteiger partial charge >= 0.3 is 6.03 Å². The van der Waals surface area contributed by atoms with Gasteiger partial charge in [-0.2, -0.15) is 0 Å². The van der Waals surface area contributed by atoms with Gasteiger partial charge in [-0.15, -0.1) is 0 Å². The van der Waals surface area contributed by atoms with Crippen LogP contribution in [0.2, 0.25) is 0 Å². The number of carbonyl (C=O) groups excluding carboxylic acids is 3. The number of carbonyl (C=O) groups is 3. The van der Waals surface area contributed by atoms with Crippen molar-refractivity contribution >= 4 is 17.8 Å². The van der Waals surface area contributed by atoms with Crippen molar-refractivity contribution in [3.05, 3.63) is 12.2 Å². The number of likely N-dealkylation sites (tertiary alicyclic amines) is 1. The summed E-state index contributed by atoms with van der Waals surface area (Å²) in [5, 5.41) is 4.90. The topological polar surface area (TPSA) is 78.5 Å². The molecule has 2 saturated heterocycles. The first kappa shape index (κ1) is 11.6. The minimum Gasteiger partial charge on any atom is -0.339 e. The molecule has 0 unspecified atom stereocenters. The van der Waals surface area contributed by atoms with Crippen molar-refractivity contribution in [1.29, 1.82) is 0 Å². The maximum absolute atomic E-state index is 11.7. The Labute approximate surface area is 99.0 Å². The molecule has 92 valence electrons. The molecule has 2 heterocycles. The quantitative estimate of drug-likeness (QED) is 0.488. The highest BCUT2D eigenvalue weighted by atomic mass is 16.2. The number of rotatable bonds is 1. The summed E-state index contributed by atoms with van der Waals surface area (Å²) in [5.74, 6) is -0.326. The van der Waals surface area contributed by atoms with E-state index in [-0.39, 0.29) is 11.8 Å². The molecule has 2 aliphatic rings. The maximum Gasteiger partial charge on any atom is 0.322 e. The summed E-state index contributed by atoms with van der Waals surface area (Å²) < 4.78 is 0. The van der Waals surface area contributed by atoms with Crippen molar-refractivity contribution in [1.82, 2.24) is 15.5 Å². The van der Waals surface area contributed by atoms with Gasteiger partial charge in [-0.05, 0) is 25.8 Å². The lowest BCUT2D eigenvalue weighted by molar-refractivity contribution is -0.132. The van der Waals surface area contributed by atoms with Gasteiger partial charge in [-0.1, -0.05) is 6.08 Å². The van der Waals surface area contributed by atoms with Gasteiger partial charge in [0.15, 0.2) is 0 Å². The second-order valence-corrected chi connectivity index (χ2v) is 4.32. The number of hydrogen-bond acceptors (Lipinski definition) is 3. The van der Waals surface area contributed by atoms with E-state index in [1.54, 1.807) is 17.9 Å². The molecule has 2 aliphatic heterocycles. The number of urea groups is 1. The Morgan fingerprint density at radius 1 is 1.35 bits per heavy atom. The normalized spacial score (nSPS) is 23.0. The lowest BCUT2D eigenvalue weighted by atomic mass is 9.88. The Morgan fingerprint density at radius 3 is 2.47 bits per heavy atom. The first-order valence-corrected chi connectivity index (χ1v) is 5.62. The number of imide groups is 1. The number of piperidine rings is 1. The summed E-state index contributed by atoms with van der Waals surface area (Å²) in [7, 11) is 0. The van der Waals surface area contributed by atoms with Crippen molar-refractivity contribution in [2.24, 2.45) is 0 Å². The van der Waals surface area contributed by atoms with Crippen molar-refractivity contribution in [3.63, 3.8) is 0 Å². The fraction of sp³-hybridized carbons (Fsp3) is 0.545. The van der Waals surface area contributed by atoms with Crippen LogP contribution in [0, 0.1) is 0 Å². The van der Waals surface area contributed by atoms with E-state index in [0.29, 0.717) is 25.9 Å². The highest BCUT2D eigenvalue weighted by Gasteiger charge is 2.48. The largest absolute Gasteiger partial charge is 0.339 e. The third-order valence-electron chi connectivity index (χ3n) is 3.25. The van der Waals surface area contributed by atoms with Crippen LogP contribution in [0.15, 0.2) is 12.2 Å². The standard InChI is InChI=1S/C11H15N3O3/c1-2-3-8(15)14-6-4-11(5-7-14)9(16)12-10(17)13-11/h2-3H,4-7H2,1H3,(H2,12,13,16,17)/b3-2+. The van der Waals surface area contributed by atoms with E-state index in [2.05, 4.69) is 10.6 Å². The van der Waals surface area contributed by atoms with E-state index in [0.717, 1.165) is 0 Å². The maximum atomic E-state index is 11.7. The highest BCUT2D eigenvalue weighted by molar-refractivity contribution is 6.07. The molecule has 0 atom stereocenters. The van der Waals surface area contributed by atoms with Crippen molar-refractivity contribution in [2.75, 3.05) is 13.1 Å². The van der Waals surface area contributed by atoms with E-state index in [4.69, 9.17) is 0 Å². The molecular weight excluding hydrogens is 222 g/mol. The van der Waals surface area contributed by atoms with Gasteiger partial charge in [0.25, 0.3) is 5.91 Å². The molecule has 2 fully saturated rings. The van der Waals surface area contributed by atoms with Crippen LogP contribution in [0.25, 0.3) is 0 Å². The molecule has 0 aromatic rings. The molecule has 2 rings (SSSR count). The Hall–Kier alpha value is -1.85. The van der Waals surface area contributed by atoms with Crippen LogP contribution in [-0.2, 0) is 9.59 Å². The summed E-state index contributed by atoms with van der Waals surface area (Å²) >= 11 is 0. The molecule has 0 saturated carbocycles. The van der Waals surface area contributed by atoms with Crippen LogP contribution in [-0.4, -0.2) is 41.4 Å². The van der Waals surface area contributed by atoms with E-state index < -0.39 is 11.6 Å². The predicted octanol–water partition coefficient (Wildman–Crippen LogP) is -0.237. The van der Waals surface area contributed by atoms with Gasteiger partial charge in [-0.3, -0.25) is 14.9 Å². The van der Waals surface area contributed by atoms with E-state index >= 15 is 0 Å². The molecule has 0 bridgehead atoms. The zero-order valence-electron chi connectivity index (χ0n) is 9.66. The minimum atomic E-state index is -0.802. The second-order valence-electron chi connectivity index (χ2n) is 4.32. The van der Waals surface area contributed by atoms with Gasteiger partial charge in [0, 0.05) is 13.1 Å². The smallest absolute Gasteiger partial charge is 0.322 e. The number of amides is 4. The third-order valence-corrected chi connectivity index (χ3v) is 3.25. The third kappa shape index (κ3) is 2.02. The van der Waals surface area contributed by atoms with Crippen molar-refractivity contribution < 1.29 is 14.4 Å². The Morgan fingerprint density at radius 2 is 2.00 bits per heavy atom. The summed E-state index contributed by atoms with van der Waals surface area (Å²) in [6.45, 7) is 2.75. The fourth-order valence-electron chi connectivity index (χ4n) is 2.24. The van der Waals surface area contributed by atoms with Crippen molar-refractivity contribution in [2.45, 2.75) is 25.3 Å². The molecule has 17 heavy (non-hydrogen) atoms. The Balaban J connectivity index is 2.01. The Kier molecular flexibility index (Phi) is 2.87. The highest BCUT2D eigenvalue weighted by Crippen LogP contribution is 2.25. The van der Waals surface area contributed by atoms with Gasteiger partial charge in [-0.25, -0.2) is 4.79 Å². The monoisotopic (exact) mass is 237 g/mol. The number of allylic oxidation sites excluding steroid dienone is 1. The molecule has 0 radical (unpaired) electrons. The van der Waals surface area contributed by atoms with E-state index in [1.807, 2.05) is 0 Å².